The van der Waals surface area contributed by atoms with Crippen LogP contribution in [-0.2, 0) is 29.1 Å². The predicted molar refractivity (Wildman–Crippen MR) is 129 cm³/mol. The summed E-state index contributed by atoms with van der Waals surface area (Å²) in [5.74, 6) is -1.36. The fourth-order valence-corrected chi connectivity index (χ4v) is 5.19. The van der Waals surface area contributed by atoms with Crippen molar-refractivity contribution in [1.82, 2.24) is 4.31 Å². The largest absolute Gasteiger partial charge is 0.452 e. The summed E-state index contributed by atoms with van der Waals surface area (Å²) in [4.78, 5) is 25.7. The molecule has 34 heavy (non-hydrogen) atoms. The average Bonchev–Trinajstić information content (AvgIpc) is 2.85. The number of ether oxygens (including phenoxy) is 2. The molecular weight excluding hydrogens is 456 g/mol. The van der Waals surface area contributed by atoms with E-state index in [1.165, 1.54) is 35.5 Å². The van der Waals surface area contributed by atoms with Crippen LogP contribution in [-0.4, -0.2) is 57.0 Å². The van der Waals surface area contributed by atoms with Gasteiger partial charge in [0.2, 0.25) is 10.0 Å². The van der Waals surface area contributed by atoms with Crippen LogP contribution in [0, 0.1) is 5.92 Å². The zero-order valence-electron chi connectivity index (χ0n) is 19.8. The monoisotopic (exact) mass is 488 g/mol. The fourth-order valence-electron chi connectivity index (χ4n) is 3.78. The summed E-state index contributed by atoms with van der Waals surface area (Å²) in [6.45, 7) is 6.86. The van der Waals surface area contributed by atoms with Gasteiger partial charge >= 0.3 is 5.97 Å². The smallest absolute Gasteiger partial charge is 0.314 e. The zero-order chi connectivity index (χ0) is 24.7. The fraction of sp³-hybridized carbons (Fsp3) is 0.440. The molecule has 9 heteroatoms. The molecule has 0 aliphatic carbocycles. The summed E-state index contributed by atoms with van der Waals surface area (Å²) < 4.78 is 37.6. The minimum atomic E-state index is -3.61. The van der Waals surface area contributed by atoms with Gasteiger partial charge in [0.1, 0.15) is 0 Å². The second kappa shape index (κ2) is 11.6. The third kappa shape index (κ3) is 6.22. The summed E-state index contributed by atoms with van der Waals surface area (Å²) in [7, 11) is -3.61. The number of carbonyl (C=O) groups is 2. The van der Waals surface area contributed by atoms with E-state index < -0.39 is 33.9 Å². The van der Waals surface area contributed by atoms with Gasteiger partial charge < -0.3 is 14.8 Å². The van der Waals surface area contributed by atoms with Gasteiger partial charge in [-0.2, -0.15) is 4.31 Å². The number of hydrogen-bond donors (Lipinski definition) is 1. The molecule has 1 amide bonds. The van der Waals surface area contributed by atoms with Crippen LogP contribution in [0.15, 0.2) is 59.5 Å². The van der Waals surface area contributed by atoms with E-state index in [4.69, 9.17) is 9.47 Å². The first-order valence-corrected chi connectivity index (χ1v) is 12.9. The summed E-state index contributed by atoms with van der Waals surface area (Å²) in [5.41, 5.74) is 1.27. The summed E-state index contributed by atoms with van der Waals surface area (Å²) in [6.07, 6.45) is -0.228. The molecule has 1 fully saturated rings. The van der Waals surface area contributed by atoms with Crippen molar-refractivity contribution in [3.05, 3.63) is 60.2 Å². The number of rotatable bonds is 9. The van der Waals surface area contributed by atoms with Gasteiger partial charge in [-0.1, -0.05) is 50.6 Å². The van der Waals surface area contributed by atoms with Crippen molar-refractivity contribution in [3.8, 4) is 0 Å². The van der Waals surface area contributed by atoms with Gasteiger partial charge in [0.15, 0.2) is 6.10 Å². The molecule has 2 aromatic rings. The number of anilines is 1. The maximum atomic E-state index is 12.9. The average molecular weight is 489 g/mol. The molecule has 1 aliphatic rings. The number of morpholine rings is 1. The lowest BCUT2D eigenvalue weighted by molar-refractivity contribution is -0.155. The normalized spacial score (nSPS) is 17.4. The molecule has 8 nitrogen and oxygen atoms in total. The highest BCUT2D eigenvalue weighted by Crippen LogP contribution is 2.29. The lowest BCUT2D eigenvalue weighted by atomic mass is 9.85. The van der Waals surface area contributed by atoms with Crippen LogP contribution >= 0.6 is 0 Å². The van der Waals surface area contributed by atoms with Crippen molar-refractivity contribution in [3.63, 3.8) is 0 Å². The summed E-state index contributed by atoms with van der Waals surface area (Å²) >= 11 is 0. The number of nitrogens with one attached hydrogen (secondary N) is 1. The van der Waals surface area contributed by atoms with Gasteiger partial charge in [0.05, 0.1) is 24.0 Å². The number of amides is 1. The van der Waals surface area contributed by atoms with Crippen molar-refractivity contribution >= 4 is 27.6 Å². The van der Waals surface area contributed by atoms with Crippen LogP contribution in [0.3, 0.4) is 0 Å². The Bertz CT molecular complexity index is 1070. The van der Waals surface area contributed by atoms with Crippen molar-refractivity contribution in [2.24, 2.45) is 5.92 Å². The van der Waals surface area contributed by atoms with Crippen molar-refractivity contribution in [1.29, 1.82) is 0 Å². The molecule has 1 saturated heterocycles. The molecule has 0 aromatic heterocycles. The zero-order valence-corrected chi connectivity index (χ0v) is 20.6. The van der Waals surface area contributed by atoms with Gasteiger partial charge in [-0.05, 0) is 42.7 Å². The molecule has 184 valence electrons. The maximum Gasteiger partial charge on any atom is 0.314 e. The van der Waals surface area contributed by atoms with Crippen LogP contribution in [0.25, 0.3) is 0 Å². The minimum Gasteiger partial charge on any atom is -0.452 e. The molecule has 1 aliphatic heterocycles. The van der Waals surface area contributed by atoms with Crippen LogP contribution in [0.1, 0.15) is 38.7 Å². The van der Waals surface area contributed by atoms with E-state index in [0.717, 1.165) is 12.0 Å². The number of benzene rings is 2. The molecule has 0 saturated carbocycles. The third-order valence-electron chi connectivity index (χ3n) is 6.02. The Labute approximate surface area is 201 Å². The van der Waals surface area contributed by atoms with Gasteiger partial charge in [-0.15, -0.1) is 0 Å². The van der Waals surface area contributed by atoms with Gasteiger partial charge in [0, 0.05) is 18.8 Å². The van der Waals surface area contributed by atoms with Gasteiger partial charge in [-0.25, -0.2) is 8.42 Å². The van der Waals surface area contributed by atoms with Crippen LogP contribution in [0.4, 0.5) is 5.69 Å². The number of nitrogens with zero attached hydrogens (tertiary/aromatic N) is 1. The lowest BCUT2D eigenvalue weighted by Gasteiger charge is -2.26. The van der Waals surface area contributed by atoms with E-state index in [9.17, 15) is 18.0 Å². The van der Waals surface area contributed by atoms with E-state index >= 15 is 0 Å². The topological polar surface area (TPSA) is 102 Å². The highest BCUT2D eigenvalue weighted by atomic mass is 32.2. The van der Waals surface area contributed by atoms with Crippen molar-refractivity contribution in [2.75, 3.05) is 31.6 Å². The second-order valence-electron chi connectivity index (χ2n) is 8.38. The number of carbonyl (C=O) groups excluding carboxylic acids is 2. The molecule has 0 bridgehead atoms. The lowest BCUT2D eigenvalue weighted by Crippen LogP contribution is -2.40. The van der Waals surface area contributed by atoms with E-state index in [0.29, 0.717) is 32.0 Å². The Morgan fingerprint density at radius 1 is 1.03 bits per heavy atom. The van der Waals surface area contributed by atoms with Gasteiger partial charge in [-0.3, -0.25) is 9.59 Å². The van der Waals surface area contributed by atoms with Crippen LogP contribution in [0.5, 0.6) is 0 Å². The van der Waals surface area contributed by atoms with Crippen LogP contribution in [0.2, 0.25) is 0 Å². The molecule has 3 atom stereocenters. The Kier molecular flexibility index (Phi) is 8.82. The third-order valence-corrected chi connectivity index (χ3v) is 7.93. The summed E-state index contributed by atoms with van der Waals surface area (Å²) in [6, 6.07) is 15.3. The quantitative estimate of drug-likeness (QED) is 0.543. The molecule has 3 unspecified atom stereocenters. The first-order valence-electron chi connectivity index (χ1n) is 11.5. The van der Waals surface area contributed by atoms with E-state index in [2.05, 4.69) is 5.32 Å². The Hall–Kier alpha value is -2.75. The van der Waals surface area contributed by atoms with E-state index in [1.807, 2.05) is 44.2 Å². The molecule has 0 spiro atoms. The molecule has 0 radical (unpaired) electrons. The van der Waals surface area contributed by atoms with Crippen molar-refractivity contribution in [2.45, 2.75) is 44.1 Å². The molecule has 2 aromatic carbocycles. The van der Waals surface area contributed by atoms with Gasteiger partial charge in [0.25, 0.3) is 5.91 Å². The highest BCUT2D eigenvalue weighted by molar-refractivity contribution is 7.89. The molecular formula is C25H32N2O6S. The van der Waals surface area contributed by atoms with Crippen molar-refractivity contribution < 1.29 is 27.5 Å². The molecule has 3 rings (SSSR count). The standard InChI is InChI=1S/C25H32N2O6S/c1-4-18(2)23(20-8-6-5-7-9-20)25(29)33-19(3)24(28)26-21-10-12-22(13-11-21)34(30,31)27-14-16-32-17-15-27/h5-13,18-19,23H,4,14-17H2,1-3H3,(H,26,28). The van der Waals surface area contributed by atoms with E-state index in [-0.39, 0.29) is 10.8 Å². The second-order valence-corrected chi connectivity index (χ2v) is 10.3. The number of hydrogen-bond acceptors (Lipinski definition) is 6. The molecule has 1 N–H and O–H groups in total. The minimum absolute atomic E-state index is 0.0473. The Morgan fingerprint density at radius 3 is 2.24 bits per heavy atom. The molecule has 1 heterocycles. The Morgan fingerprint density at radius 2 is 1.65 bits per heavy atom. The Balaban J connectivity index is 1.63. The SMILES string of the molecule is CCC(C)C(C(=O)OC(C)C(=O)Nc1ccc(S(=O)(=O)N2CCOCC2)cc1)c1ccccc1. The highest BCUT2D eigenvalue weighted by Gasteiger charge is 2.30. The maximum absolute atomic E-state index is 12.9. The number of esters is 1. The number of sulfonamides is 1. The first kappa shape index (κ1) is 25.9. The predicted octanol–water partition coefficient (Wildman–Crippen LogP) is 3.41. The first-order chi connectivity index (χ1) is 16.2. The summed E-state index contributed by atoms with van der Waals surface area (Å²) in [5, 5.41) is 2.68. The van der Waals surface area contributed by atoms with Crippen LogP contribution < -0.4 is 5.32 Å². The van der Waals surface area contributed by atoms with E-state index in [1.54, 1.807) is 0 Å².